The summed E-state index contributed by atoms with van der Waals surface area (Å²) in [5.41, 5.74) is 0.869. The Morgan fingerprint density at radius 1 is 1.50 bits per heavy atom. The van der Waals surface area contributed by atoms with Crippen LogP contribution < -0.4 is 4.74 Å². The molecule has 0 saturated heterocycles. The third-order valence-corrected chi connectivity index (χ3v) is 2.99. The van der Waals surface area contributed by atoms with Crippen molar-refractivity contribution in [2.45, 2.75) is 6.92 Å². The van der Waals surface area contributed by atoms with E-state index in [1.165, 1.54) is 0 Å². The number of benzene rings is 1. The zero-order chi connectivity index (χ0) is 11.7. The second-order valence-electron chi connectivity index (χ2n) is 3.23. The summed E-state index contributed by atoms with van der Waals surface area (Å²) in [6.45, 7) is 1.88. The lowest BCUT2D eigenvalue weighted by Gasteiger charge is -2.10. The summed E-state index contributed by atoms with van der Waals surface area (Å²) in [5, 5.41) is 6.82. The van der Waals surface area contributed by atoms with E-state index >= 15 is 0 Å². The molecule has 0 amide bonds. The SMILES string of the molecule is COc1ccc(Br)cc1-n1c(C)n[nH]c1=S. The molecule has 0 bridgehead atoms. The van der Waals surface area contributed by atoms with Crippen LogP contribution in [-0.2, 0) is 0 Å². The molecular weight excluding hydrogens is 290 g/mol. The molecule has 4 nitrogen and oxygen atoms in total. The smallest absolute Gasteiger partial charge is 0.199 e. The molecule has 84 valence electrons. The fourth-order valence-corrected chi connectivity index (χ4v) is 2.12. The number of aromatic amines is 1. The zero-order valence-electron chi connectivity index (χ0n) is 8.82. The van der Waals surface area contributed by atoms with Gasteiger partial charge in [-0.15, -0.1) is 0 Å². The van der Waals surface area contributed by atoms with Crippen LogP contribution in [-0.4, -0.2) is 21.9 Å². The van der Waals surface area contributed by atoms with Gasteiger partial charge in [-0.25, -0.2) is 0 Å². The predicted octanol–water partition coefficient (Wildman–Crippen LogP) is 3.01. The Balaban J connectivity index is 2.72. The maximum atomic E-state index is 5.30. The largest absolute Gasteiger partial charge is 0.495 e. The number of aromatic nitrogens is 3. The minimum Gasteiger partial charge on any atom is -0.495 e. The number of nitrogens with zero attached hydrogens (tertiary/aromatic N) is 2. The number of aryl methyl sites for hydroxylation is 1. The molecule has 1 N–H and O–H groups in total. The summed E-state index contributed by atoms with van der Waals surface area (Å²) in [4.78, 5) is 0. The van der Waals surface area contributed by atoms with Gasteiger partial charge >= 0.3 is 0 Å². The van der Waals surface area contributed by atoms with E-state index in [4.69, 9.17) is 17.0 Å². The van der Waals surface area contributed by atoms with Crippen LogP contribution in [0.3, 0.4) is 0 Å². The number of hydrogen-bond donors (Lipinski definition) is 1. The van der Waals surface area contributed by atoms with Crippen molar-refractivity contribution < 1.29 is 4.74 Å². The highest BCUT2D eigenvalue weighted by molar-refractivity contribution is 9.10. The monoisotopic (exact) mass is 299 g/mol. The predicted molar refractivity (Wildman–Crippen MR) is 67.7 cm³/mol. The fourth-order valence-electron chi connectivity index (χ4n) is 1.50. The minimum atomic E-state index is 0.550. The van der Waals surface area contributed by atoms with Gasteiger partial charge in [-0.2, -0.15) is 5.10 Å². The quantitative estimate of drug-likeness (QED) is 0.867. The molecule has 1 heterocycles. The van der Waals surface area contributed by atoms with Crippen molar-refractivity contribution >= 4 is 28.1 Å². The Hall–Kier alpha value is -1.14. The second kappa shape index (κ2) is 4.39. The molecule has 0 atom stereocenters. The van der Waals surface area contributed by atoms with Gasteiger partial charge in [-0.3, -0.25) is 9.67 Å². The number of ether oxygens (including phenoxy) is 1. The Bertz CT molecular complexity index is 576. The Kier molecular flexibility index (Phi) is 3.11. The van der Waals surface area contributed by atoms with Crippen LogP contribution in [0.15, 0.2) is 22.7 Å². The van der Waals surface area contributed by atoms with Gasteiger partial charge in [0.15, 0.2) is 4.77 Å². The molecule has 6 heteroatoms. The normalized spacial score (nSPS) is 10.4. The van der Waals surface area contributed by atoms with Crippen molar-refractivity contribution in [3.8, 4) is 11.4 Å². The van der Waals surface area contributed by atoms with Crippen molar-refractivity contribution in [2.24, 2.45) is 0 Å². The third-order valence-electron chi connectivity index (χ3n) is 2.22. The van der Waals surface area contributed by atoms with Crippen molar-refractivity contribution in [1.29, 1.82) is 0 Å². The summed E-state index contributed by atoms with van der Waals surface area (Å²) in [7, 11) is 1.63. The highest BCUT2D eigenvalue weighted by atomic mass is 79.9. The maximum absolute atomic E-state index is 5.30. The molecule has 2 rings (SSSR count). The van der Waals surface area contributed by atoms with Crippen LogP contribution in [0.1, 0.15) is 5.82 Å². The van der Waals surface area contributed by atoms with Crippen molar-refractivity contribution in [2.75, 3.05) is 7.11 Å². The van der Waals surface area contributed by atoms with Crippen LogP contribution in [0.25, 0.3) is 5.69 Å². The maximum Gasteiger partial charge on any atom is 0.199 e. The molecule has 0 aliphatic rings. The zero-order valence-corrected chi connectivity index (χ0v) is 11.2. The molecule has 1 aromatic heterocycles. The van der Waals surface area contributed by atoms with Crippen LogP contribution in [0, 0.1) is 11.7 Å². The summed E-state index contributed by atoms with van der Waals surface area (Å²) in [6, 6.07) is 5.74. The summed E-state index contributed by atoms with van der Waals surface area (Å²) in [5.74, 6) is 1.55. The Morgan fingerprint density at radius 3 is 2.81 bits per heavy atom. The van der Waals surface area contributed by atoms with Crippen molar-refractivity contribution in [3.63, 3.8) is 0 Å². The number of hydrogen-bond acceptors (Lipinski definition) is 3. The first-order valence-electron chi connectivity index (χ1n) is 4.61. The average Bonchev–Trinajstić information content (AvgIpc) is 2.58. The number of rotatable bonds is 2. The van der Waals surface area contributed by atoms with Gasteiger partial charge in [-0.05, 0) is 37.3 Å². The molecule has 0 radical (unpaired) electrons. The Morgan fingerprint density at radius 2 is 2.25 bits per heavy atom. The van der Waals surface area contributed by atoms with E-state index in [9.17, 15) is 0 Å². The molecule has 2 aromatic rings. The van der Waals surface area contributed by atoms with Crippen LogP contribution in [0.2, 0.25) is 0 Å². The van der Waals surface area contributed by atoms with Gasteiger partial charge in [0.1, 0.15) is 11.6 Å². The number of halogens is 1. The fraction of sp³-hybridized carbons (Fsp3) is 0.200. The third kappa shape index (κ3) is 1.90. The van der Waals surface area contributed by atoms with E-state index in [2.05, 4.69) is 26.1 Å². The van der Waals surface area contributed by atoms with E-state index in [0.717, 1.165) is 21.7 Å². The van der Waals surface area contributed by atoms with E-state index in [1.54, 1.807) is 7.11 Å². The van der Waals surface area contributed by atoms with Crippen LogP contribution in [0.5, 0.6) is 5.75 Å². The first-order valence-corrected chi connectivity index (χ1v) is 5.81. The van der Waals surface area contributed by atoms with E-state index < -0.39 is 0 Å². The van der Waals surface area contributed by atoms with Crippen molar-refractivity contribution in [3.05, 3.63) is 33.3 Å². The summed E-state index contributed by atoms with van der Waals surface area (Å²) >= 11 is 8.61. The van der Waals surface area contributed by atoms with E-state index in [1.807, 2.05) is 29.7 Å². The topological polar surface area (TPSA) is 42.8 Å². The molecule has 0 unspecified atom stereocenters. The molecule has 0 fully saturated rings. The highest BCUT2D eigenvalue weighted by Crippen LogP contribution is 2.27. The van der Waals surface area contributed by atoms with Crippen LogP contribution >= 0.6 is 28.1 Å². The highest BCUT2D eigenvalue weighted by Gasteiger charge is 2.10. The molecule has 0 aliphatic carbocycles. The van der Waals surface area contributed by atoms with Crippen molar-refractivity contribution in [1.82, 2.24) is 14.8 Å². The molecule has 16 heavy (non-hydrogen) atoms. The van der Waals surface area contributed by atoms with Crippen LogP contribution in [0.4, 0.5) is 0 Å². The minimum absolute atomic E-state index is 0.550. The lowest BCUT2D eigenvalue weighted by Crippen LogP contribution is -2.00. The van der Waals surface area contributed by atoms with Gasteiger partial charge < -0.3 is 4.74 Å². The molecular formula is C10H10BrN3OS. The standard InChI is InChI=1S/C10H10BrN3OS/c1-6-12-13-10(16)14(6)8-5-7(11)3-4-9(8)15-2/h3-5H,1-2H3,(H,13,16). The number of nitrogens with one attached hydrogen (secondary N) is 1. The molecule has 1 aromatic carbocycles. The Labute approximate surface area is 106 Å². The lowest BCUT2D eigenvalue weighted by atomic mass is 10.3. The van der Waals surface area contributed by atoms with E-state index in [-0.39, 0.29) is 0 Å². The molecule has 0 saturated carbocycles. The first kappa shape index (κ1) is 11.3. The van der Waals surface area contributed by atoms with Gasteiger partial charge in [0.2, 0.25) is 0 Å². The number of methoxy groups -OCH3 is 1. The van der Waals surface area contributed by atoms with E-state index in [0.29, 0.717) is 4.77 Å². The lowest BCUT2D eigenvalue weighted by molar-refractivity contribution is 0.412. The molecule has 0 spiro atoms. The number of H-pyrrole nitrogens is 1. The summed E-state index contributed by atoms with van der Waals surface area (Å²) < 4.78 is 8.65. The van der Waals surface area contributed by atoms with Gasteiger partial charge in [0, 0.05) is 4.47 Å². The molecule has 0 aliphatic heterocycles. The first-order chi connectivity index (χ1) is 7.63. The van der Waals surface area contributed by atoms with Gasteiger partial charge in [0.25, 0.3) is 0 Å². The second-order valence-corrected chi connectivity index (χ2v) is 4.53. The van der Waals surface area contributed by atoms with Gasteiger partial charge in [0.05, 0.1) is 12.8 Å². The van der Waals surface area contributed by atoms with Gasteiger partial charge in [-0.1, -0.05) is 15.9 Å². The summed E-state index contributed by atoms with van der Waals surface area (Å²) in [6.07, 6.45) is 0. The average molecular weight is 300 g/mol.